The minimum absolute atomic E-state index is 0.108. The highest BCUT2D eigenvalue weighted by Crippen LogP contribution is 2.40. The molecule has 1 aromatic carbocycles. The first-order chi connectivity index (χ1) is 12.0. The van der Waals surface area contributed by atoms with Crippen molar-refractivity contribution < 1.29 is 19.6 Å². The van der Waals surface area contributed by atoms with E-state index in [1.54, 1.807) is 0 Å². The lowest BCUT2D eigenvalue weighted by molar-refractivity contribution is -0.398. The molecule has 8 heteroatoms. The molecule has 1 aromatic heterocycles. The van der Waals surface area contributed by atoms with Crippen LogP contribution >= 0.6 is 11.3 Å². The van der Waals surface area contributed by atoms with E-state index in [4.69, 9.17) is 4.74 Å². The van der Waals surface area contributed by atoms with E-state index < -0.39 is 22.3 Å². The van der Waals surface area contributed by atoms with Gasteiger partial charge in [0.25, 0.3) is 5.69 Å². The van der Waals surface area contributed by atoms with Crippen LogP contribution in [0.15, 0.2) is 23.2 Å². The molecule has 0 saturated carbocycles. The Hall–Kier alpha value is -2.74. The standard InChI is InChI=1S/C17H16N2O5S/c1-24-17(21)14-11-6-2-3-8-13(11)25-16(14)18-9-10-5-4-7-12(15(10)20)19(22)23/h4-5,7,9,20H,2-3,6,8H2,1H3/p-1. The van der Waals surface area contributed by atoms with E-state index in [1.807, 2.05) is 0 Å². The van der Waals surface area contributed by atoms with Crippen LogP contribution in [0.3, 0.4) is 0 Å². The number of nitro benzene ring substituents is 1. The number of nitrogens with zero attached hydrogens (tertiary/aromatic N) is 2. The van der Waals surface area contributed by atoms with Gasteiger partial charge in [0.05, 0.1) is 17.6 Å². The number of aryl methyl sites for hydroxylation is 1. The number of esters is 1. The number of carbonyl (C=O) groups is 1. The Morgan fingerprint density at radius 2 is 2.12 bits per heavy atom. The summed E-state index contributed by atoms with van der Waals surface area (Å²) >= 11 is 1.41. The molecule has 2 aromatic rings. The van der Waals surface area contributed by atoms with Gasteiger partial charge >= 0.3 is 5.97 Å². The number of para-hydroxylation sites is 1. The molecule has 0 N–H and O–H groups in total. The predicted octanol–water partition coefficient (Wildman–Crippen LogP) is 3.15. The summed E-state index contributed by atoms with van der Waals surface area (Å²) in [4.78, 5) is 27.7. The summed E-state index contributed by atoms with van der Waals surface area (Å²) in [6, 6.07) is 4.05. The van der Waals surface area contributed by atoms with E-state index >= 15 is 0 Å². The number of hydrogen-bond donors (Lipinski definition) is 0. The van der Waals surface area contributed by atoms with Gasteiger partial charge in [-0.3, -0.25) is 10.1 Å². The highest BCUT2D eigenvalue weighted by Gasteiger charge is 2.25. The van der Waals surface area contributed by atoms with Crippen molar-refractivity contribution in [2.45, 2.75) is 25.7 Å². The molecular formula is C17H15N2O5S-. The molecule has 25 heavy (non-hydrogen) atoms. The Balaban J connectivity index is 2.02. The highest BCUT2D eigenvalue weighted by molar-refractivity contribution is 7.16. The minimum Gasteiger partial charge on any atom is -0.867 e. The smallest absolute Gasteiger partial charge is 0.341 e. The number of rotatable bonds is 4. The molecule has 0 bridgehead atoms. The zero-order valence-corrected chi connectivity index (χ0v) is 14.3. The van der Waals surface area contributed by atoms with Crippen molar-refractivity contribution in [2.75, 3.05) is 7.11 Å². The van der Waals surface area contributed by atoms with Crippen molar-refractivity contribution in [1.29, 1.82) is 0 Å². The van der Waals surface area contributed by atoms with Crippen LogP contribution in [-0.2, 0) is 17.6 Å². The second-order valence-electron chi connectivity index (χ2n) is 5.59. The largest absolute Gasteiger partial charge is 0.867 e. The zero-order valence-electron chi connectivity index (χ0n) is 13.5. The van der Waals surface area contributed by atoms with E-state index in [9.17, 15) is 20.0 Å². The second kappa shape index (κ2) is 7.02. The molecule has 0 unspecified atom stereocenters. The Bertz CT molecular complexity index is 872. The van der Waals surface area contributed by atoms with Gasteiger partial charge in [0.1, 0.15) is 5.00 Å². The fourth-order valence-electron chi connectivity index (χ4n) is 2.87. The number of ether oxygens (including phenoxy) is 1. The second-order valence-corrected chi connectivity index (χ2v) is 6.68. The minimum atomic E-state index is -0.719. The summed E-state index contributed by atoms with van der Waals surface area (Å²) in [5.41, 5.74) is 1.02. The number of carbonyl (C=O) groups excluding carboxylic acids is 1. The molecule has 0 atom stereocenters. The van der Waals surface area contributed by atoms with Crippen molar-refractivity contribution in [3.63, 3.8) is 0 Å². The van der Waals surface area contributed by atoms with Gasteiger partial charge in [0.2, 0.25) is 0 Å². The van der Waals surface area contributed by atoms with Crippen LogP contribution in [0.2, 0.25) is 0 Å². The molecule has 0 spiro atoms. The van der Waals surface area contributed by atoms with E-state index in [-0.39, 0.29) is 5.56 Å². The summed E-state index contributed by atoms with van der Waals surface area (Å²) in [7, 11) is 1.32. The van der Waals surface area contributed by atoms with Crippen molar-refractivity contribution in [3.8, 4) is 5.75 Å². The van der Waals surface area contributed by atoms with Crippen LogP contribution < -0.4 is 5.11 Å². The van der Waals surface area contributed by atoms with Crippen LogP contribution in [0, 0.1) is 10.1 Å². The Kier molecular flexibility index (Phi) is 4.80. The van der Waals surface area contributed by atoms with Gasteiger partial charge in [-0.15, -0.1) is 11.3 Å². The molecule has 0 amide bonds. The molecular weight excluding hydrogens is 344 g/mol. The number of aliphatic imine (C=N–C) groups is 1. The lowest BCUT2D eigenvalue weighted by Crippen LogP contribution is -2.07. The van der Waals surface area contributed by atoms with Gasteiger partial charge < -0.3 is 9.84 Å². The number of hydrogen-bond acceptors (Lipinski definition) is 7. The molecule has 0 aliphatic heterocycles. The van der Waals surface area contributed by atoms with Crippen molar-refractivity contribution >= 4 is 34.2 Å². The molecule has 0 radical (unpaired) electrons. The fourth-order valence-corrected chi connectivity index (χ4v) is 4.09. The summed E-state index contributed by atoms with van der Waals surface area (Å²) in [5.74, 6) is -1.15. The van der Waals surface area contributed by atoms with Gasteiger partial charge in [-0.25, -0.2) is 9.79 Å². The van der Waals surface area contributed by atoms with Crippen LogP contribution in [-0.4, -0.2) is 24.2 Å². The van der Waals surface area contributed by atoms with Crippen LogP contribution in [0.1, 0.15) is 39.2 Å². The zero-order chi connectivity index (χ0) is 18.0. The van der Waals surface area contributed by atoms with Gasteiger partial charge in [0, 0.05) is 17.2 Å². The number of nitro groups is 1. The van der Waals surface area contributed by atoms with E-state index in [0.29, 0.717) is 10.6 Å². The normalized spacial score (nSPS) is 13.6. The Morgan fingerprint density at radius 3 is 2.84 bits per heavy atom. The first kappa shape index (κ1) is 17.1. The predicted molar refractivity (Wildman–Crippen MR) is 92.1 cm³/mol. The van der Waals surface area contributed by atoms with E-state index in [0.717, 1.165) is 42.2 Å². The molecule has 3 rings (SSSR count). The third kappa shape index (κ3) is 3.25. The average molecular weight is 359 g/mol. The molecule has 0 fully saturated rings. The quantitative estimate of drug-likeness (QED) is 0.361. The number of thiophene rings is 1. The maximum atomic E-state index is 12.1. The van der Waals surface area contributed by atoms with Crippen LogP contribution in [0.25, 0.3) is 0 Å². The topological polar surface area (TPSA) is 105 Å². The van der Waals surface area contributed by atoms with Crippen molar-refractivity contribution in [1.82, 2.24) is 0 Å². The summed E-state index contributed by atoms with van der Waals surface area (Å²) < 4.78 is 4.87. The summed E-state index contributed by atoms with van der Waals surface area (Å²) in [5, 5.41) is 23.4. The Morgan fingerprint density at radius 1 is 1.36 bits per heavy atom. The Labute approximate surface area is 147 Å². The third-order valence-electron chi connectivity index (χ3n) is 4.08. The maximum absolute atomic E-state index is 12.1. The summed E-state index contributed by atoms with van der Waals surface area (Å²) in [6.07, 6.45) is 5.04. The molecule has 0 saturated heterocycles. The number of fused-ring (bicyclic) bond motifs is 1. The van der Waals surface area contributed by atoms with Gasteiger partial charge in [-0.1, -0.05) is 12.1 Å². The van der Waals surface area contributed by atoms with E-state index in [2.05, 4.69) is 4.99 Å². The monoisotopic (exact) mass is 359 g/mol. The lowest BCUT2D eigenvalue weighted by Gasteiger charge is -2.11. The lowest BCUT2D eigenvalue weighted by atomic mass is 9.95. The van der Waals surface area contributed by atoms with Crippen molar-refractivity contribution in [2.24, 2.45) is 4.99 Å². The summed E-state index contributed by atoms with van der Waals surface area (Å²) in [6.45, 7) is 0. The first-order valence-corrected chi connectivity index (χ1v) is 8.56. The number of methoxy groups -OCH3 is 1. The first-order valence-electron chi connectivity index (χ1n) is 7.74. The third-order valence-corrected chi connectivity index (χ3v) is 5.28. The molecule has 1 aliphatic carbocycles. The van der Waals surface area contributed by atoms with Crippen LogP contribution in [0.4, 0.5) is 10.7 Å². The molecule has 1 heterocycles. The molecule has 7 nitrogen and oxygen atoms in total. The molecule has 130 valence electrons. The maximum Gasteiger partial charge on any atom is 0.341 e. The highest BCUT2D eigenvalue weighted by atomic mass is 32.1. The number of benzene rings is 1. The van der Waals surface area contributed by atoms with Gasteiger partial charge in [-0.2, -0.15) is 0 Å². The van der Waals surface area contributed by atoms with Crippen molar-refractivity contribution in [3.05, 3.63) is 49.9 Å². The molecule has 1 aliphatic rings. The van der Waals surface area contributed by atoms with E-state index in [1.165, 1.54) is 36.8 Å². The SMILES string of the molecule is COC(=O)c1c(N=Cc2cccc([N+](=O)[O-])c2[O-])sc2c1CCCC2. The van der Waals surface area contributed by atoms with Gasteiger partial charge in [-0.05, 0) is 42.6 Å². The average Bonchev–Trinajstić information content (AvgIpc) is 2.98. The van der Waals surface area contributed by atoms with Crippen LogP contribution in [0.5, 0.6) is 5.75 Å². The fraction of sp³-hybridized carbons (Fsp3) is 0.294. The van der Waals surface area contributed by atoms with Gasteiger partial charge in [0.15, 0.2) is 0 Å².